The zero-order chi connectivity index (χ0) is 15.4. The highest BCUT2D eigenvalue weighted by Crippen LogP contribution is 2.18. The van der Waals surface area contributed by atoms with Gasteiger partial charge in [-0.1, -0.05) is 30.3 Å². The molecule has 1 amide bonds. The molecule has 22 heavy (non-hydrogen) atoms. The van der Waals surface area contributed by atoms with E-state index in [4.69, 9.17) is 0 Å². The molecule has 0 spiro atoms. The Morgan fingerprint density at radius 2 is 2.18 bits per heavy atom. The normalized spacial score (nSPS) is 12.0. The second-order valence-electron chi connectivity index (χ2n) is 4.63. The number of aromatic nitrogens is 5. The lowest BCUT2D eigenvalue weighted by molar-refractivity contribution is -0.123. The molecule has 1 N–H and O–H groups in total. The summed E-state index contributed by atoms with van der Waals surface area (Å²) in [5, 5.41) is 17.1. The Bertz CT molecular complexity index is 740. The predicted molar refractivity (Wildman–Crippen MR) is 81.1 cm³/mol. The summed E-state index contributed by atoms with van der Waals surface area (Å²) in [5.41, 5.74) is 0.828. The molecule has 2 heterocycles. The molecule has 7 nitrogen and oxygen atoms in total. The number of amides is 1. The van der Waals surface area contributed by atoms with Crippen molar-refractivity contribution in [3.05, 3.63) is 58.3 Å². The zero-order valence-electron chi connectivity index (χ0n) is 11.9. The average molecular weight is 314 g/mol. The molecule has 0 unspecified atom stereocenters. The second kappa shape index (κ2) is 6.44. The lowest BCUT2D eigenvalue weighted by Crippen LogP contribution is -2.34. The van der Waals surface area contributed by atoms with Gasteiger partial charge in [-0.15, -0.1) is 16.4 Å². The molecule has 0 aliphatic heterocycles. The van der Waals surface area contributed by atoms with Crippen molar-refractivity contribution in [1.82, 2.24) is 30.5 Å². The number of hydrogen-bond donors (Lipinski definition) is 1. The summed E-state index contributed by atoms with van der Waals surface area (Å²) in [5.74, 6) is 0.412. The summed E-state index contributed by atoms with van der Waals surface area (Å²) in [6.45, 7) is 2.16. The average Bonchev–Trinajstić information content (AvgIpc) is 3.19. The van der Waals surface area contributed by atoms with Crippen LogP contribution < -0.4 is 5.32 Å². The van der Waals surface area contributed by atoms with Gasteiger partial charge in [-0.3, -0.25) is 4.79 Å². The van der Waals surface area contributed by atoms with Crippen molar-refractivity contribution < 1.29 is 4.79 Å². The second-order valence-corrected chi connectivity index (χ2v) is 5.61. The molecule has 8 heteroatoms. The topological polar surface area (TPSA) is 85.6 Å². The van der Waals surface area contributed by atoms with Crippen LogP contribution in [0.2, 0.25) is 0 Å². The number of nitrogens with one attached hydrogen (secondary N) is 1. The number of aryl methyl sites for hydroxylation is 1. The number of carbonyl (C=O) groups excluding carboxylic acids is 1. The van der Waals surface area contributed by atoms with E-state index in [0.717, 1.165) is 10.6 Å². The van der Waals surface area contributed by atoms with Crippen molar-refractivity contribution in [3.8, 4) is 0 Å². The van der Waals surface area contributed by atoms with E-state index in [-0.39, 0.29) is 5.91 Å². The molecule has 0 aliphatic carbocycles. The fourth-order valence-electron chi connectivity index (χ4n) is 2.12. The highest BCUT2D eigenvalue weighted by atomic mass is 32.1. The first-order valence-corrected chi connectivity index (χ1v) is 7.59. The summed E-state index contributed by atoms with van der Waals surface area (Å²) >= 11 is 1.50. The summed E-state index contributed by atoms with van der Waals surface area (Å²) in [6.07, 6.45) is 1.71. The molecule has 0 radical (unpaired) electrons. The number of nitrogens with zero attached hydrogens (tertiary/aromatic N) is 5. The molecule has 0 fully saturated rings. The standard InChI is InChI=1S/C14H14N6OS/c1-10-17-18-19-20(10)13(11-5-3-2-4-6-11)14(21)16-9-12-15-7-8-22-12/h2-8,13H,9H2,1H3,(H,16,21)/t13-/m0/s1. The number of hydrogen-bond acceptors (Lipinski definition) is 6. The minimum absolute atomic E-state index is 0.170. The monoisotopic (exact) mass is 314 g/mol. The van der Waals surface area contributed by atoms with E-state index in [1.54, 1.807) is 13.1 Å². The first kappa shape index (κ1) is 14.3. The van der Waals surface area contributed by atoms with E-state index in [1.165, 1.54) is 16.0 Å². The smallest absolute Gasteiger partial charge is 0.249 e. The maximum absolute atomic E-state index is 12.6. The quantitative estimate of drug-likeness (QED) is 0.768. The number of thiazole rings is 1. The van der Waals surface area contributed by atoms with Gasteiger partial charge in [-0.05, 0) is 22.9 Å². The van der Waals surface area contributed by atoms with Crippen molar-refractivity contribution in [2.24, 2.45) is 0 Å². The van der Waals surface area contributed by atoms with Gasteiger partial charge in [0.1, 0.15) is 10.8 Å². The van der Waals surface area contributed by atoms with Gasteiger partial charge < -0.3 is 5.32 Å². The van der Waals surface area contributed by atoms with E-state index >= 15 is 0 Å². The molecular formula is C14H14N6OS. The highest BCUT2D eigenvalue weighted by Gasteiger charge is 2.25. The van der Waals surface area contributed by atoms with Crippen LogP contribution in [0.1, 0.15) is 22.4 Å². The van der Waals surface area contributed by atoms with E-state index in [9.17, 15) is 4.79 Å². The van der Waals surface area contributed by atoms with Gasteiger partial charge in [0, 0.05) is 11.6 Å². The van der Waals surface area contributed by atoms with Crippen LogP contribution in [0.25, 0.3) is 0 Å². The van der Waals surface area contributed by atoms with Crippen LogP contribution in [0.3, 0.4) is 0 Å². The van der Waals surface area contributed by atoms with Crippen molar-refractivity contribution in [2.45, 2.75) is 19.5 Å². The van der Waals surface area contributed by atoms with E-state index in [0.29, 0.717) is 12.4 Å². The summed E-state index contributed by atoms with van der Waals surface area (Å²) < 4.78 is 1.52. The lowest BCUT2D eigenvalue weighted by Gasteiger charge is -2.17. The van der Waals surface area contributed by atoms with Gasteiger partial charge in [0.05, 0.1) is 6.54 Å². The molecule has 0 aliphatic rings. The molecule has 0 saturated carbocycles. The first-order valence-electron chi connectivity index (χ1n) is 6.71. The number of tetrazole rings is 1. The Balaban J connectivity index is 1.85. The highest BCUT2D eigenvalue weighted by molar-refractivity contribution is 7.09. The van der Waals surface area contributed by atoms with Crippen LogP contribution in [-0.2, 0) is 11.3 Å². The first-order chi connectivity index (χ1) is 10.8. The zero-order valence-corrected chi connectivity index (χ0v) is 12.7. The number of carbonyl (C=O) groups is 1. The molecule has 112 valence electrons. The Kier molecular flexibility index (Phi) is 4.19. The van der Waals surface area contributed by atoms with E-state index in [2.05, 4.69) is 25.8 Å². The van der Waals surface area contributed by atoms with Gasteiger partial charge in [0.15, 0.2) is 6.04 Å². The number of rotatable bonds is 5. The largest absolute Gasteiger partial charge is 0.347 e. The van der Waals surface area contributed by atoms with Crippen LogP contribution in [0.4, 0.5) is 0 Å². The molecule has 3 aromatic rings. The fraction of sp³-hybridized carbons (Fsp3) is 0.214. The maximum atomic E-state index is 12.6. The minimum Gasteiger partial charge on any atom is -0.347 e. The van der Waals surface area contributed by atoms with Crippen LogP contribution in [0.5, 0.6) is 0 Å². The van der Waals surface area contributed by atoms with Crippen LogP contribution in [0.15, 0.2) is 41.9 Å². The third kappa shape index (κ3) is 3.01. The summed E-state index contributed by atoms with van der Waals surface area (Å²) in [6, 6.07) is 8.84. The third-order valence-electron chi connectivity index (χ3n) is 3.16. The Hall–Kier alpha value is -2.61. The molecule has 0 bridgehead atoms. The predicted octanol–water partition coefficient (Wildman–Crippen LogP) is 1.34. The molecule has 1 atom stereocenters. The van der Waals surface area contributed by atoms with Crippen molar-refractivity contribution in [3.63, 3.8) is 0 Å². The maximum Gasteiger partial charge on any atom is 0.249 e. The Morgan fingerprint density at radius 1 is 1.36 bits per heavy atom. The molecule has 1 aromatic carbocycles. The van der Waals surface area contributed by atoms with Gasteiger partial charge in [-0.25, -0.2) is 9.67 Å². The van der Waals surface area contributed by atoms with E-state index < -0.39 is 6.04 Å². The van der Waals surface area contributed by atoms with Gasteiger partial charge in [-0.2, -0.15) is 0 Å². The van der Waals surface area contributed by atoms with Crippen LogP contribution in [-0.4, -0.2) is 31.1 Å². The fourth-order valence-corrected chi connectivity index (χ4v) is 2.67. The van der Waals surface area contributed by atoms with Gasteiger partial charge >= 0.3 is 0 Å². The Morgan fingerprint density at radius 3 is 2.82 bits per heavy atom. The van der Waals surface area contributed by atoms with Crippen molar-refractivity contribution >= 4 is 17.2 Å². The number of benzene rings is 1. The van der Waals surface area contributed by atoms with Crippen LogP contribution >= 0.6 is 11.3 Å². The molecule has 2 aromatic heterocycles. The minimum atomic E-state index is -0.601. The Labute approximate surface area is 131 Å². The summed E-state index contributed by atoms with van der Waals surface area (Å²) in [7, 11) is 0. The molecular weight excluding hydrogens is 300 g/mol. The van der Waals surface area contributed by atoms with Crippen LogP contribution in [0, 0.1) is 6.92 Å². The van der Waals surface area contributed by atoms with Crippen molar-refractivity contribution in [2.75, 3.05) is 0 Å². The third-order valence-corrected chi connectivity index (χ3v) is 3.94. The van der Waals surface area contributed by atoms with Crippen molar-refractivity contribution in [1.29, 1.82) is 0 Å². The summed E-state index contributed by atoms with van der Waals surface area (Å²) in [4.78, 5) is 16.8. The lowest BCUT2D eigenvalue weighted by atomic mass is 10.1. The molecule has 0 saturated heterocycles. The van der Waals surface area contributed by atoms with Gasteiger partial charge in [0.25, 0.3) is 0 Å². The van der Waals surface area contributed by atoms with Gasteiger partial charge in [0.2, 0.25) is 5.91 Å². The van der Waals surface area contributed by atoms with E-state index in [1.807, 2.05) is 35.7 Å². The molecule has 3 rings (SSSR count). The SMILES string of the molecule is Cc1nnnn1[C@H](C(=O)NCc1nccs1)c1ccccc1.